The van der Waals surface area contributed by atoms with E-state index < -0.39 is 11.9 Å². The molecule has 2 heterocycles. The Bertz CT molecular complexity index is 896. The maximum absolute atomic E-state index is 13.6. The first kappa shape index (κ1) is 14.0. The number of carbonyl (C=O) groups excluding carboxylic acids is 1. The van der Waals surface area contributed by atoms with Crippen LogP contribution in [0.2, 0.25) is 0 Å². The molecule has 1 atom stereocenters. The zero-order chi connectivity index (χ0) is 15.8. The van der Waals surface area contributed by atoms with Crippen LogP contribution in [0.25, 0.3) is 10.2 Å². The van der Waals surface area contributed by atoms with Gasteiger partial charge in [0.2, 0.25) is 6.10 Å². The number of nitrogens with one attached hydrogen (secondary N) is 1. The summed E-state index contributed by atoms with van der Waals surface area (Å²) in [5.41, 5.74) is 0.249. The predicted octanol–water partition coefficient (Wildman–Crippen LogP) is 3.21. The Labute approximate surface area is 134 Å². The second-order valence-corrected chi connectivity index (χ2v) is 5.99. The van der Waals surface area contributed by atoms with Gasteiger partial charge in [-0.1, -0.05) is 29.5 Å². The average Bonchev–Trinajstić information content (AvgIpc) is 2.98. The van der Waals surface area contributed by atoms with Crippen molar-refractivity contribution < 1.29 is 18.7 Å². The zero-order valence-electron chi connectivity index (χ0n) is 11.8. The lowest BCUT2D eigenvalue weighted by Gasteiger charge is -2.25. The first-order valence-corrected chi connectivity index (χ1v) is 7.77. The van der Waals surface area contributed by atoms with E-state index in [9.17, 15) is 9.18 Å². The lowest BCUT2D eigenvalue weighted by molar-refractivity contribution is -0.125. The largest absolute Gasteiger partial charge is 0.485 e. The summed E-state index contributed by atoms with van der Waals surface area (Å²) >= 11 is 1.21. The number of benzene rings is 2. The first-order chi connectivity index (χ1) is 11.2. The van der Waals surface area contributed by atoms with Crippen molar-refractivity contribution in [2.45, 2.75) is 6.10 Å². The maximum Gasteiger partial charge on any atom is 0.270 e. The summed E-state index contributed by atoms with van der Waals surface area (Å²) < 4.78 is 25.5. The minimum atomic E-state index is -0.776. The second-order valence-electron chi connectivity index (χ2n) is 4.96. The van der Waals surface area contributed by atoms with Crippen molar-refractivity contribution in [3.8, 4) is 11.5 Å². The molecule has 0 spiro atoms. The molecule has 1 aromatic heterocycles. The molecule has 0 fully saturated rings. The number of halogens is 1. The van der Waals surface area contributed by atoms with Gasteiger partial charge in [0.1, 0.15) is 17.9 Å². The number of para-hydroxylation sites is 3. The summed E-state index contributed by atoms with van der Waals surface area (Å²) in [4.78, 5) is 16.4. The summed E-state index contributed by atoms with van der Waals surface area (Å²) in [6.45, 7) is 0.113. The normalized spacial score (nSPS) is 16.3. The number of thiazole rings is 1. The van der Waals surface area contributed by atoms with Gasteiger partial charge in [0.05, 0.1) is 4.70 Å². The highest BCUT2D eigenvalue weighted by Gasteiger charge is 2.28. The van der Waals surface area contributed by atoms with Gasteiger partial charge in [-0.15, -0.1) is 0 Å². The van der Waals surface area contributed by atoms with E-state index in [4.69, 9.17) is 9.47 Å². The number of anilines is 1. The van der Waals surface area contributed by atoms with Crippen molar-refractivity contribution in [1.82, 2.24) is 4.98 Å². The lowest BCUT2D eigenvalue weighted by Crippen LogP contribution is -2.40. The van der Waals surface area contributed by atoms with Gasteiger partial charge >= 0.3 is 0 Å². The Morgan fingerprint density at radius 2 is 2.04 bits per heavy atom. The Balaban J connectivity index is 1.52. The topological polar surface area (TPSA) is 60.5 Å². The molecule has 1 aliphatic heterocycles. The Hall–Kier alpha value is -2.67. The number of ether oxygens (including phenoxy) is 2. The third-order valence-corrected chi connectivity index (χ3v) is 4.34. The standard InChI is InChI=1S/C16H11FN2O3S/c17-9-4-3-7-13-14(9)18-16(23-13)19-15(20)12-8-21-10-5-1-2-6-11(10)22-12/h1-7,12H,8H2,(H,18,19,20). The zero-order valence-corrected chi connectivity index (χ0v) is 12.6. The monoisotopic (exact) mass is 330 g/mol. The number of rotatable bonds is 2. The maximum atomic E-state index is 13.6. The number of amides is 1. The quantitative estimate of drug-likeness (QED) is 0.784. The molecule has 0 saturated heterocycles. The van der Waals surface area contributed by atoms with Crippen LogP contribution in [0.5, 0.6) is 11.5 Å². The molecule has 1 N–H and O–H groups in total. The predicted molar refractivity (Wildman–Crippen MR) is 84.6 cm³/mol. The van der Waals surface area contributed by atoms with Crippen LogP contribution >= 0.6 is 11.3 Å². The van der Waals surface area contributed by atoms with Crippen LogP contribution in [-0.4, -0.2) is 23.6 Å². The number of hydrogen-bond donors (Lipinski definition) is 1. The Kier molecular flexibility index (Phi) is 3.34. The minimum Gasteiger partial charge on any atom is -0.485 e. The molecule has 7 heteroatoms. The van der Waals surface area contributed by atoms with Crippen molar-refractivity contribution >= 4 is 32.6 Å². The third-order valence-electron chi connectivity index (χ3n) is 3.40. The molecule has 1 aliphatic rings. The van der Waals surface area contributed by atoms with Crippen LogP contribution in [0.3, 0.4) is 0 Å². The van der Waals surface area contributed by atoms with Crippen molar-refractivity contribution in [3.63, 3.8) is 0 Å². The third kappa shape index (κ3) is 2.59. The van der Waals surface area contributed by atoms with Gasteiger partial charge in [-0.2, -0.15) is 0 Å². The van der Waals surface area contributed by atoms with E-state index in [-0.39, 0.29) is 18.0 Å². The number of nitrogens with zero attached hydrogens (tertiary/aromatic N) is 1. The fourth-order valence-corrected chi connectivity index (χ4v) is 3.19. The number of aromatic nitrogens is 1. The van der Waals surface area contributed by atoms with E-state index in [1.165, 1.54) is 17.4 Å². The van der Waals surface area contributed by atoms with Crippen LogP contribution in [0.15, 0.2) is 42.5 Å². The molecule has 1 unspecified atom stereocenters. The molecule has 0 radical (unpaired) electrons. The fraction of sp³-hybridized carbons (Fsp3) is 0.125. The van der Waals surface area contributed by atoms with E-state index in [0.29, 0.717) is 21.3 Å². The highest BCUT2D eigenvalue weighted by Crippen LogP contribution is 2.32. The highest BCUT2D eigenvalue weighted by atomic mass is 32.1. The molecule has 23 heavy (non-hydrogen) atoms. The number of fused-ring (bicyclic) bond motifs is 2. The summed E-state index contributed by atoms with van der Waals surface area (Å²) in [5.74, 6) is 0.345. The van der Waals surface area contributed by atoms with Crippen LogP contribution in [-0.2, 0) is 4.79 Å². The van der Waals surface area contributed by atoms with E-state index in [1.54, 1.807) is 30.3 Å². The van der Waals surface area contributed by atoms with Crippen LogP contribution in [0, 0.1) is 5.82 Å². The van der Waals surface area contributed by atoms with Gasteiger partial charge in [0.25, 0.3) is 5.91 Å². The molecular formula is C16H11FN2O3S. The van der Waals surface area contributed by atoms with Gasteiger partial charge in [0, 0.05) is 0 Å². The van der Waals surface area contributed by atoms with Crippen molar-refractivity contribution in [2.24, 2.45) is 0 Å². The lowest BCUT2D eigenvalue weighted by atomic mass is 10.2. The molecule has 0 saturated carbocycles. The second kappa shape index (κ2) is 5.51. The van der Waals surface area contributed by atoms with Crippen molar-refractivity contribution in [3.05, 3.63) is 48.3 Å². The van der Waals surface area contributed by atoms with Gasteiger partial charge in [0.15, 0.2) is 16.6 Å². The summed E-state index contributed by atoms with van der Waals surface area (Å²) in [7, 11) is 0. The molecule has 4 rings (SSSR count). The SMILES string of the molecule is O=C(Nc1nc2c(F)cccc2s1)C1COc2ccccc2O1. The first-order valence-electron chi connectivity index (χ1n) is 6.95. The van der Waals surface area contributed by atoms with Crippen LogP contribution in [0.4, 0.5) is 9.52 Å². The highest BCUT2D eigenvalue weighted by molar-refractivity contribution is 7.22. The molecular weight excluding hydrogens is 319 g/mol. The molecule has 116 valence electrons. The van der Waals surface area contributed by atoms with Crippen LogP contribution < -0.4 is 14.8 Å². The minimum absolute atomic E-state index is 0.113. The Morgan fingerprint density at radius 1 is 1.22 bits per heavy atom. The number of hydrogen-bond acceptors (Lipinski definition) is 5. The van der Waals surface area contributed by atoms with E-state index in [1.807, 2.05) is 6.07 Å². The van der Waals surface area contributed by atoms with E-state index in [2.05, 4.69) is 10.3 Å². The Morgan fingerprint density at radius 3 is 2.87 bits per heavy atom. The number of carbonyl (C=O) groups is 1. The van der Waals surface area contributed by atoms with Gasteiger partial charge in [-0.25, -0.2) is 9.37 Å². The fourth-order valence-electron chi connectivity index (χ4n) is 2.30. The summed E-state index contributed by atoms with van der Waals surface area (Å²) in [6.07, 6.45) is -0.776. The summed E-state index contributed by atoms with van der Waals surface area (Å²) in [6, 6.07) is 11.8. The summed E-state index contributed by atoms with van der Waals surface area (Å²) in [5, 5.41) is 2.99. The molecule has 1 amide bonds. The van der Waals surface area contributed by atoms with Crippen LogP contribution in [0.1, 0.15) is 0 Å². The average molecular weight is 330 g/mol. The van der Waals surface area contributed by atoms with Gasteiger partial charge in [-0.3, -0.25) is 10.1 Å². The molecule has 0 bridgehead atoms. The van der Waals surface area contributed by atoms with E-state index >= 15 is 0 Å². The van der Waals surface area contributed by atoms with Crippen molar-refractivity contribution in [1.29, 1.82) is 0 Å². The van der Waals surface area contributed by atoms with Crippen molar-refractivity contribution in [2.75, 3.05) is 11.9 Å². The molecule has 0 aliphatic carbocycles. The molecule has 2 aromatic carbocycles. The molecule has 5 nitrogen and oxygen atoms in total. The van der Waals surface area contributed by atoms with Gasteiger partial charge in [-0.05, 0) is 24.3 Å². The van der Waals surface area contributed by atoms with E-state index in [0.717, 1.165) is 0 Å². The smallest absolute Gasteiger partial charge is 0.270 e. The molecule has 3 aromatic rings. The van der Waals surface area contributed by atoms with Gasteiger partial charge < -0.3 is 9.47 Å².